The Balaban J connectivity index is 1.64. The molecule has 2 aromatic carbocycles. The summed E-state index contributed by atoms with van der Waals surface area (Å²) >= 11 is 0. The summed E-state index contributed by atoms with van der Waals surface area (Å²) in [5, 5.41) is 2.49. The van der Waals surface area contributed by atoms with Crippen LogP contribution in [0.15, 0.2) is 55.0 Å². The highest BCUT2D eigenvalue weighted by Gasteiger charge is 2.20. The molecule has 1 aliphatic rings. The van der Waals surface area contributed by atoms with Gasteiger partial charge in [0.2, 0.25) is 5.69 Å². The maximum atomic E-state index is 4.80. The van der Waals surface area contributed by atoms with Gasteiger partial charge in [-0.05, 0) is 62.3 Å². The third-order valence-corrected chi connectivity index (χ3v) is 6.95. The van der Waals surface area contributed by atoms with E-state index < -0.39 is 0 Å². The van der Waals surface area contributed by atoms with E-state index in [1.165, 1.54) is 64.4 Å². The van der Waals surface area contributed by atoms with Crippen LogP contribution in [0.5, 0.6) is 0 Å². The minimum Gasteiger partial charge on any atom is -0.257 e. The Hall–Kier alpha value is -3.07. The van der Waals surface area contributed by atoms with Crippen LogP contribution in [0.3, 0.4) is 0 Å². The number of aromatic nitrogens is 3. The van der Waals surface area contributed by atoms with Crippen LogP contribution in [0.4, 0.5) is 0 Å². The van der Waals surface area contributed by atoms with Crippen molar-refractivity contribution in [2.24, 2.45) is 7.05 Å². The number of nitrogens with zero attached hydrogens (tertiary/aromatic N) is 3. The molecule has 5 rings (SSSR count). The predicted octanol–water partition coefficient (Wildman–Crippen LogP) is 6.37. The molecule has 0 bridgehead atoms. The number of rotatable bonds is 3. The summed E-state index contributed by atoms with van der Waals surface area (Å²) < 4.78 is 2.24. The maximum absolute atomic E-state index is 4.80. The van der Waals surface area contributed by atoms with E-state index in [1.807, 2.05) is 12.4 Å². The maximum Gasteiger partial charge on any atom is 0.220 e. The van der Waals surface area contributed by atoms with Gasteiger partial charge >= 0.3 is 0 Å². The van der Waals surface area contributed by atoms with Crippen molar-refractivity contribution >= 4 is 10.8 Å². The second kappa shape index (κ2) is 7.88. The average Bonchev–Trinajstić information content (AvgIpc) is 3.31. The Kier molecular flexibility index (Phi) is 5.05. The van der Waals surface area contributed by atoms with Gasteiger partial charge in [-0.1, -0.05) is 36.6 Å². The Bertz CT molecular complexity index is 1270. The number of fused-ring (bicyclic) bond motifs is 1. The predicted molar refractivity (Wildman–Crippen MR) is 127 cm³/mol. The molecule has 0 aliphatic heterocycles. The molecule has 2 aromatic heterocycles. The molecule has 0 atom stereocenters. The fourth-order valence-corrected chi connectivity index (χ4v) is 5.06. The van der Waals surface area contributed by atoms with E-state index in [4.69, 9.17) is 9.97 Å². The van der Waals surface area contributed by atoms with E-state index in [0.29, 0.717) is 5.92 Å². The van der Waals surface area contributed by atoms with Gasteiger partial charge in [0.1, 0.15) is 7.05 Å². The van der Waals surface area contributed by atoms with Gasteiger partial charge in [-0.15, -0.1) is 0 Å². The van der Waals surface area contributed by atoms with Crippen LogP contribution < -0.4 is 4.57 Å². The summed E-state index contributed by atoms with van der Waals surface area (Å²) in [5.41, 5.74) is 9.71. The average molecular weight is 409 g/mol. The van der Waals surface area contributed by atoms with Crippen molar-refractivity contribution < 1.29 is 4.57 Å². The van der Waals surface area contributed by atoms with Gasteiger partial charge < -0.3 is 0 Å². The third kappa shape index (κ3) is 3.63. The van der Waals surface area contributed by atoms with Crippen molar-refractivity contribution in [3.05, 3.63) is 77.4 Å². The summed E-state index contributed by atoms with van der Waals surface area (Å²) in [5.74, 6) is 0.594. The number of hydrogen-bond donors (Lipinski definition) is 0. The van der Waals surface area contributed by atoms with Crippen molar-refractivity contribution in [3.8, 4) is 22.5 Å². The van der Waals surface area contributed by atoms with Crippen LogP contribution in [0.2, 0.25) is 0 Å². The van der Waals surface area contributed by atoms with Crippen LogP contribution >= 0.6 is 0 Å². The Morgan fingerprint density at radius 1 is 0.903 bits per heavy atom. The lowest BCUT2D eigenvalue weighted by Crippen LogP contribution is -2.30. The van der Waals surface area contributed by atoms with Crippen LogP contribution in [-0.4, -0.2) is 9.97 Å². The van der Waals surface area contributed by atoms with E-state index in [-0.39, 0.29) is 0 Å². The Morgan fingerprint density at radius 3 is 2.45 bits per heavy atom. The lowest BCUT2D eigenvalue weighted by molar-refractivity contribution is -0.659. The topological polar surface area (TPSA) is 29.7 Å². The molecule has 1 saturated carbocycles. The van der Waals surface area contributed by atoms with E-state index >= 15 is 0 Å². The van der Waals surface area contributed by atoms with E-state index in [2.05, 4.69) is 75.0 Å². The SMILES string of the molecule is Cc1cc(C)c(C)c(-c2c3cc(-c4cnc(C5CCCC5)cn4)ccc3cc[n+]2C)c1. The minimum atomic E-state index is 0.594. The van der Waals surface area contributed by atoms with Gasteiger partial charge in [0, 0.05) is 23.7 Å². The number of aryl methyl sites for hydroxylation is 3. The van der Waals surface area contributed by atoms with Crippen LogP contribution in [0.1, 0.15) is 54.0 Å². The molecule has 0 spiro atoms. The molecule has 4 aromatic rings. The van der Waals surface area contributed by atoms with Crippen molar-refractivity contribution in [2.75, 3.05) is 0 Å². The lowest BCUT2D eigenvalue weighted by Gasteiger charge is -2.12. The van der Waals surface area contributed by atoms with Gasteiger partial charge in [-0.3, -0.25) is 9.97 Å². The van der Waals surface area contributed by atoms with Gasteiger partial charge in [0.15, 0.2) is 6.20 Å². The molecule has 0 radical (unpaired) electrons. The zero-order valence-electron chi connectivity index (χ0n) is 18.9. The van der Waals surface area contributed by atoms with E-state index in [0.717, 1.165) is 17.0 Å². The minimum absolute atomic E-state index is 0.594. The van der Waals surface area contributed by atoms with Gasteiger partial charge in [-0.2, -0.15) is 0 Å². The third-order valence-electron chi connectivity index (χ3n) is 6.95. The molecular formula is C28H30N3+. The highest BCUT2D eigenvalue weighted by molar-refractivity contribution is 5.96. The smallest absolute Gasteiger partial charge is 0.220 e. The normalized spacial score (nSPS) is 14.5. The zero-order valence-corrected chi connectivity index (χ0v) is 18.9. The van der Waals surface area contributed by atoms with Crippen molar-refractivity contribution in [2.45, 2.75) is 52.4 Å². The number of benzene rings is 2. The van der Waals surface area contributed by atoms with Gasteiger partial charge in [-0.25, -0.2) is 4.57 Å². The first-order valence-corrected chi connectivity index (χ1v) is 11.3. The molecule has 3 heteroatoms. The highest BCUT2D eigenvalue weighted by atomic mass is 14.9. The number of hydrogen-bond acceptors (Lipinski definition) is 2. The number of pyridine rings is 1. The summed E-state index contributed by atoms with van der Waals surface area (Å²) in [4.78, 5) is 9.59. The summed E-state index contributed by atoms with van der Waals surface area (Å²) in [6, 6.07) is 13.4. The summed E-state index contributed by atoms with van der Waals surface area (Å²) in [7, 11) is 2.13. The van der Waals surface area contributed by atoms with Crippen molar-refractivity contribution in [1.29, 1.82) is 0 Å². The van der Waals surface area contributed by atoms with Gasteiger partial charge in [0.25, 0.3) is 0 Å². The molecule has 0 unspecified atom stereocenters. The van der Waals surface area contributed by atoms with Crippen LogP contribution in [-0.2, 0) is 7.05 Å². The van der Waals surface area contributed by atoms with E-state index in [1.54, 1.807) is 0 Å². The standard InChI is InChI=1S/C28H30N3/c1-18-13-19(2)20(3)24(14-18)28-25-15-23(10-9-21(25)11-12-31(28)4)27-17-29-26(16-30-27)22-7-5-6-8-22/h9-17,22H,5-8H2,1-4H3/q+1. The van der Waals surface area contributed by atoms with Crippen molar-refractivity contribution in [3.63, 3.8) is 0 Å². The monoisotopic (exact) mass is 408 g/mol. The molecular weight excluding hydrogens is 378 g/mol. The quantitative estimate of drug-likeness (QED) is 0.369. The first kappa shape index (κ1) is 19.9. The zero-order chi connectivity index (χ0) is 21.5. The van der Waals surface area contributed by atoms with E-state index in [9.17, 15) is 0 Å². The second-order valence-corrected chi connectivity index (χ2v) is 9.14. The fourth-order valence-electron chi connectivity index (χ4n) is 5.06. The highest BCUT2D eigenvalue weighted by Crippen LogP contribution is 2.34. The molecule has 1 aliphatic carbocycles. The second-order valence-electron chi connectivity index (χ2n) is 9.14. The largest absolute Gasteiger partial charge is 0.257 e. The lowest BCUT2D eigenvalue weighted by atomic mass is 9.94. The molecule has 31 heavy (non-hydrogen) atoms. The van der Waals surface area contributed by atoms with Crippen LogP contribution in [0.25, 0.3) is 33.3 Å². The molecule has 0 saturated heterocycles. The first-order chi connectivity index (χ1) is 15.0. The summed E-state index contributed by atoms with van der Waals surface area (Å²) in [6.45, 7) is 6.60. The fraction of sp³-hybridized carbons (Fsp3) is 0.321. The molecule has 156 valence electrons. The van der Waals surface area contributed by atoms with Gasteiger partial charge in [0.05, 0.1) is 28.5 Å². The summed E-state index contributed by atoms with van der Waals surface area (Å²) in [6.07, 6.45) is 11.2. The first-order valence-electron chi connectivity index (χ1n) is 11.3. The van der Waals surface area contributed by atoms with Crippen LogP contribution in [0, 0.1) is 20.8 Å². The molecule has 2 heterocycles. The molecule has 0 amide bonds. The molecule has 3 nitrogen and oxygen atoms in total. The molecule has 0 N–H and O–H groups in total. The molecule has 1 fully saturated rings. The Labute approximate surface area is 184 Å². The Morgan fingerprint density at radius 2 is 1.71 bits per heavy atom. The van der Waals surface area contributed by atoms with Crippen molar-refractivity contribution in [1.82, 2.24) is 9.97 Å².